The van der Waals surface area contributed by atoms with Gasteiger partial charge in [-0.1, -0.05) is 13.3 Å². The molecule has 0 aliphatic carbocycles. The van der Waals surface area contributed by atoms with Crippen molar-refractivity contribution in [3.8, 4) is 17.2 Å². The Morgan fingerprint density at radius 2 is 2.24 bits per heavy atom. The molecular formula is C18H25NO6. The van der Waals surface area contributed by atoms with Crippen LogP contribution in [0.3, 0.4) is 0 Å². The number of aliphatic carboxylic acids is 1. The third-order valence-corrected chi connectivity index (χ3v) is 5.11. The Morgan fingerprint density at radius 1 is 1.44 bits per heavy atom. The van der Waals surface area contributed by atoms with Gasteiger partial charge in [0.2, 0.25) is 12.5 Å². The first-order valence-electron chi connectivity index (χ1n) is 8.60. The number of ether oxygens (including phenoxy) is 3. The molecule has 2 aliphatic rings. The van der Waals surface area contributed by atoms with E-state index in [0.717, 1.165) is 12.0 Å². The maximum absolute atomic E-state index is 11.9. The molecular weight excluding hydrogens is 326 g/mol. The highest BCUT2D eigenvalue weighted by atomic mass is 16.7. The zero-order valence-electron chi connectivity index (χ0n) is 14.7. The first-order chi connectivity index (χ1) is 12.0. The monoisotopic (exact) mass is 351 g/mol. The van der Waals surface area contributed by atoms with E-state index in [1.165, 1.54) is 0 Å². The largest absolute Gasteiger partial charge is 0.493 e. The lowest BCUT2D eigenvalue weighted by Crippen LogP contribution is -2.55. The lowest BCUT2D eigenvalue weighted by molar-refractivity contribution is -0.164. The van der Waals surface area contributed by atoms with Crippen LogP contribution in [-0.4, -0.2) is 54.2 Å². The van der Waals surface area contributed by atoms with E-state index in [1.54, 1.807) is 7.11 Å². The summed E-state index contributed by atoms with van der Waals surface area (Å²) in [6, 6.07) is 3.79. The molecule has 0 saturated carbocycles. The topological polar surface area (TPSA) is 88.5 Å². The van der Waals surface area contributed by atoms with Crippen LogP contribution in [0.1, 0.15) is 31.7 Å². The van der Waals surface area contributed by atoms with Gasteiger partial charge in [0.05, 0.1) is 13.2 Å². The van der Waals surface area contributed by atoms with E-state index in [2.05, 4.69) is 4.90 Å². The van der Waals surface area contributed by atoms with Crippen LogP contribution in [-0.2, 0) is 11.3 Å². The van der Waals surface area contributed by atoms with Gasteiger partial charge in [-0.05, 0) is 30.5 Å². The predicted molar refractivity (Wildman–Crippen MR) is 90.0 cm³/mol. The van der Waals surface area contributed by atoms with Crippen molar-refractivity contribution in [3.63, 3.8) is 0 Å². The van der Waals surface area contributed by atoms with Gasteiger partial charge >= 0.3 is 5.97 Å². The quantitative estimate of drug-likeness (QED) is 0.809. The molecule has 1 fully saturated rings. The number of methoxy groups -OCH3 is 1. The minimum absolute atomic E-state index is 0.170. The Balaban J connectivity index is 1.80. The van der Waals surface area contributed by atoms with Crippen molar-refractivity contribution in [1.82, 2.24) is 4.90 Å². The summed E-state index contributed by atoms with van der Waals surface area (Å²) in [5.41, 5.74) is -0.138. The number of aliphatic hydroxyl groups is 1. The van der Waals surface area contributed by atoms with Crippen LogP contribution < -0.4 is 14.2 Å². The van der Waals surface area contributed by atoms with E-state index < -0.39 is 17.5 Å². The van der Waals surface area contributed by atoms with E-state index in [9.17, 15) is 15.0 Å². The van der Waals surface area contributed by atoms with Crippen molar-refractivity contribution >= 4 is 5.97 Å². The van der Waals surface area contributed by atoms with Crippen LogP contribution in [0.25, 0.3) is 0 Å². The molecule has 25 heavy (non-hydrogen) atoms. The number of hydrogen-bond acceptors (Lipinski definition) is 6. The number of hydrogen-bond donors (Lipinski definition) is 2. The van der Waals surface area contributed by atoms with Gasteiger partial charge in [0.25, 0.3) is 0 Å². The summed E-state index contributed by atoms with van der Waals surface area (Å²) in [4.78, 5) is 14.0. The molecule has 2 heterocycles. The third kappa shape index (κ3) is 3.26. The summed E-state index contributed by atoms with van der Waals surface area (Å²) in [5, 5.41) is 20.1. The van der Waals surface area contributed by atoms with Crippen molar-refractivity contribution in [2.45, 2.75) is 38.8 Å². The van der Waals surface area contributed by atoms with E-state index in [0.29, 0.717) is 49.7 Å². The molecule has 3 rings (SSSR count). The molecule has 2 aliphatic heterocycles. The van der Waals surface area contributed by atoms with E-state index in [-0.39, 0.29) is 6.79 Å². The molecule has 7 heteroatoms. The molecule has 1 aromatic rings. The van der Waals surface area contributed by atoms with Crippen LogP contribution >= 0.6 is 0 Å². The highest BCUT2D eigenvalue weighted by Gasteiger charge is 2.48. The van der Waals surface area contributed by atoms with Crippen molar-refractivity contribution in [2.75, 3.05) is 27.0 Å². The number of rotatable bonds is 6. The van der Waals surface area contributed by atoms with Crippen LogP contribution in [0.15, 0.2) is 12.1 Å². The Bertz CT molecular complexity index is 649. The number of likely N-dealkylation sites (tertiary alicyclic amines) is 1. The van der Waals surface area contributed by atoms with Gasteiger partial charge in [0, 0.05) is 19.6 Å². The molecule has 7 nitrogen and oxygen atoms in total. The second kappa shape index (κ2) is 7.09. The molecule has 0 radical (unpaired) electrons. The highest BCUT2D eigenvalue weighted by Crippen LogP contribution is 2.42. The van der Waals surface area contributed by atoms with Gasteiger partial charge < -0.3 is 24.4 Å². The van der Waals surface area contributed by atoms with E-state index in [4.69, 9.17) is 14.2 Å². The summed E-state index contributed by atoms with van der Waals surface area (Å²) in [7, 11) is 1.58. The maximum Gasteiger partial charge on any atom is 0.313 e. The molecule has 0 aromatic heterocycles. The van der Waals surface area contributed by atoms with Crippen LogP contribution in [0.5, 0.6) is 17.2 Å². The van der Waals surface area contributed by atoms with Gasteiger partial charge in [-0.3, -0.25) is 9.69 Å². The number of aliphatic hydroxyl groups excluding tert-OH is 1. The molecule has 1 aromatic carbocycles. The number of fused-ring (bicyclic) bond motifs is 1. The fraction of sp³-hybridized carbons (Fsp3) is 0.611. The van der Waals surface area contributed by atoms with Crippen molar-refractivity contribution in [1.29, 1.82) is 0 Å². The van der Waals surface area contributed by atoms with Gasteiger partial charge in [-0.25, -0.2) is 0 Å². The Hall–Kier alpha value is -1.99. The van der Waals surface area contributed by atoms with Gasteiger partial charge in [-0.15, -0.1) is 0 Å². The fourth-order valence-electron chi connectivity index (χ4n) is 3.84. The summed E-state index contributed by atoms with van der Waals surface area (Å²) in [5.74, 6) is 0.936. The Labute approximate surface area is 147 Å². The molecule has 0 unspecified atom stereocenters. The number of benzene rings is 1. The smallest absolute Gasteiger partial charge is 0.313 e. The standard InChI is InChI=1S/C18H25NO6/c1-3-5-18(17(21)22)10-19(6-4-15(18)20)9-12-7-13(23-2)16-14(8-12)24-11-25-16/h7-8,15,20H,3-6,9-11H2,1-2H3,(H,21,22)/t15-,18+/m0/s1. The summed E-state index contributed by atoms with van der Waals surface area (Å²) >= 11 is 0. The number of piperidine rings is 1. The number of carbonyl (C=O) groups is 1. The second-order valence-electron chi connectivity index (χ2n) is 6.76. The predicted octanol–water partition coefficient (Wildman–Crippen LogP) is 1.86. The lowest BCUT2D eigenvalue weighted by atomic mass is 9.74. The molecule has 1 saturated heterocycles. The van der Waals surface area contributed by atoms with Gasteiger partial charge in [-0.2, -0.15) is 0 Å². The molecule has 0 bridgehead atoms. The molecule has 2 N–H and O–H groups in total. The average molecular weight is 351 g/mol. The first-order valence-corrected chi connectivity index (χ1v) is 8.60. The first kappa shape index (κ1) is 17.8. The second-order valence-corrected chi connectivity index (χ2v) is 6.76. The average Bonchev–Trinajstić information content (AvgIpc) is 3.05. The van der Waals surface area contributed by atoms with Crippen molar-refractivity contribution < 1.29 is 29.2 Å². The molecule has 138 valence electrons. The Morgan fingerprint density at radius 3 is 2.92 bits per heavy atom. The zero-order chi connectivity index (χ0) is 18.0. The van der Waals surface area contributed by atoms with Crippen molar-refractivity contribution in [3.05, 3.63) is 17.7 Å². The Kier molecular flexibility index (Phi) is 5.06. The van der Waals surface area contributed by atoms with E-state index in [1.807, 2.05) is 19.1 Å². The normalized spacial score (nSPS) is 25.8. The minimum Gasteiger partial charge on any atom is -0.493 e. The van der Waals surface area contributed by atoms with Crippen LogP contribution in [0, 0.1) is 5.41 Å². The third-order valence-electron chi connectivity index (χ3n) is 5.11. The fourth-order valence-corrected chi connectivity index (χ4v) is 3.84. The number of nitrogens with zero attached hydrogens (tertiary/aromatic N) is 1. The highest BCUT2D eigenvalue weighted by molar-refractivity contribution is 5.76. The van der Waals surface area contributed by atoms with Crippen LogP contribution in [0.4, 0.5) is 0 Å². The summed E-state index contributed by atoms with van der Waals surface area (Å²) in [6.45, 7) is 3.66. The maximum atomic E-state index is 11.9. The SMILES string of the molecule is CCC[C@@]1(C(=O)O)CN(Cc2cc(OC)c3c(c2)OCO3)CC[C@@H]1O. The van der Waals surface area contributed by atoms with Crippen molar-refractivity contribution in [2.24, 2.45) is 5.41 Å². The van der Waals surface area contributed by atoms with Gasteiger partial charge in [0.15, 0.2) is 11.5 Å². The summed E-state index contributed by atoms with van der Waals surface area (Å²) in [6.07, 6.45) is 0.820. The minimum atomic E-state index is -1.10. The van der Waals surface area contributed by atoms with Gasteiger partial charge in [0.1, 0.15) is 5.41 Å². The zero-order valence-corrected chi connectivity index (χ0v) is 14.7. The molecule has 2 atom stereocenters. The summed E-state index contributed by atoms with van der Waals surface area (Å²) < 4.78 is 16.2. The number of carboxylic acid groups (broad SMARTS) is 1. The van der Waals surface area contributed by atoms with E-state index >= 15 is 0 Å². The lowest BCUT2D eigenvalue weighted by Gasteiger charge is -2.43. The van der Waals surface area contributed by atoms with Crippen LogP contribution in [0.2, 0.25) is 0 Å². The molecule has 0 spiro atoms. The molecule has 0 amide bonds. The number of carboxylic acids is 1.